The average Bonchev–Trinajstić information content (AvgIpc) is 3.34. The fourth-order valence-corrected chi connectivity index (χ4v) is 4.20. The Bertz CT molecular complexity index is 825. The molecular formula is C23H24N2O4. The Hall–Kier alpha value is -3.28. The van der Waals surface area contributed by atoms with Gasteiger partial charge in [-0.2, -0.15) is 0 Å². The average molecular weight is 392 g/mol. The molecule has 0 aromatic heterocycles. The molecule has 0 aliphatic heterocycles. The summed E-state index contributed by atoms with van der Waals surface area (Å²) in [6.45, 7) is 0.408. The molecule has 2 aliphatic rings. The van der Waals surface area contributed by atoms with E-state index in [9.17, 15) is 9.59 Å². The summed E-state index contributed by atoms with van der Waals surface area (Å²) in [7, 11) is 0. The van der Waals surface area contributed by atoms with E-state index >= 15 is 0 Å². The Morgan fingerprint density at radius 2 is 1.34 bits per heavy atom. The molecule has 2 aromatic rings. The third kappa shape index (κ3) is 4.59. The first-order chi connectivity index (χ1) is 14.1. The number of carbonyl (C=O) groups is 2. The van der Waals surface area contributed by atoms with Crippen LogP contribution < -0.4 is 10.6 Å². The Morgan fingerprint density at radius 1 is 0.828 bits per heavy atom. The van der Waals surface area contributed by atoms with Crippen molar-refractivity contribution in [3.8, 4) is 0 Å². The van der Waals surface area contributed by atoms with E-state index in [0.29, 0.717) is 17.3 Å². The number of nitrogens with one attached hydrogen (secondary N) is 2. The quantitative estimate of drug-likeness (QED) is 0.673. The molecule has 2 aromatic carbocycles. The van der Waals surface area contributed by atoms with E-state index in [1.807, 2.05) is 36.4 Å². The van der Waals surface area contributed by atoms with Crippen molar-refractivity contribution in [1.82, 2.24) is 0 Å². The molecule has 0 spiro atoms. The maximum absolute atomic E-state index is 12.2. The predicted octanol–water partition coefficient (Wildman–Crippen LogP) is 5.07. The van der Waals surface area contributed by atoms with Crippen molar-refractivity contribution >= 4 is 23.6 Å². The first-order valence-corrected chi connectivity index (χ1v) is 9.79. The lowest BCUT2D eigenvalue weighted by Crippen LogP contribution is -2.39. The van der Waals surface area contributed by atoms with Gasteiger partial charge in [0.05, 0.1) is 0 Å². The van der Waals surface area contributed by atoms with Gasteiger partial charge in [0.25, 0.3) is 0 Å². The van der Waals surface area contributed by atoms with Crippen molar-refractivity contribution in [2.75, 3.05) is 23.8 Å². The van der Waals surface area contributed by atoms with Gasteiger partial charge in [-0.3, -0.25) is 10.6 Å². The summed E-state index contributed by atoms with van der Waals surface area (Å²) in [5.41, 5.74) is 0.970. The number of rotatable bonds is 6. The first-order valence-electron chi connectivity index (χ1n) is 9.79. The molecule has 2 aliphatic carbocycles. The van der Waals surface area contributed by atoms with Gasteiger partial charge in [-0.05, 0) is 48.9 Å². The number of para-hydroxylation sites is 2. The van der Waals surface area contributed by atoms with Gasteiger partial charge in [-0.25, -0.2) is 9.59 Å². The monoisotopic (exact) mass is 392 g/mol. The Labute approximate surface area is 169 Å². The van der Waals surface area contributed by atoms with Crippen LogP contribution in [0.25, 0.3) is 0 Å². The van der Waals surface area contributed by atoms with Gasteiger partial charge >= 0.3 is 12.2 Å². The second-order valence-corrected chi connectivity index (χ2v) is 7.69. The topological polar surface area (TPSA) is 76.7 Å². The van der Waals surface area contributed by atoms with Crippen LogP contribution in [-0.2, 0) is 9.47 Å². The molecule has 29 heavy (non-hydrogen) atoms. The SMILES string of the molecule is O=C(Nc1ccccc1)OCC1(COC(=O)Nc2ccccc2)CC2C=CC1C2. The molecule has 6 heteroatoms. The molecule has 1 fully saturated rings. The molecule has 2 N–H and O–H groups in total. The van der Waals surface area contributed by atoms with Crippen LogP contribution in [0.1, 0.15) is 12.8 Å². The number of benzene rings is 2. The van der Waals surface area contributed by atoms with Gasteiger partial charge in [-0.15, -0.1) is 0 Å². The van der Waals surface area contributed by atoms with Crippen LogP contribution in [0, 0.1) is 17.3 Å². The van der Waals surface area contributed by atoms with Gasteiger partial charge in [0.1, 0.15) is 13.2 Å². The number of carbonyl (C=O) groups excluding carboxylic acids is 2. The molecule has 0 saturated heterocycles. The van der Waals surface area contributed by atoms with Crippen LogP contribution in [-0.4, -0.2) is 25.4 Å². The van der Waals surface area contributed by atoms with E-state index in [1.165, 1.54) is 0 Å². The molecule has 2 atom stereocenters. The first kappa shape index (κ1) is 19.1. The van der Waals surface area contributed by atoms with Crippen LogP contribution in [0.2, 0.25) is 0 Å². The van der Waals surface area contributed by atoms with Gasteiger partial charge in [0, 0.05) is 16.8 Å². The smallest absolute Gasteiger partial charge is 0.411 e. The highest BCUT2D eigenvalue weighted by atomic mass is 16.6. The molecule has 0 heterocycles. The molecule has 2 amide bonds. The molecule has 6 nitrogen and oxygen atoms in total. The Balaban J connectivity index is 1.35. The van der Waals surface area contributed by atoms with Gasteiger partial charge in [0.15, 0.2) is 0 Å². The molecule has 0 radical (unpaired) electrons. The summed E-state index contributed by atoms with van der Waals surface area (Å²) in [6, 6.07) is 18.3. The van der Waals surface area contributed by atoms with E-state index in [2.05, 4.69) is 22.8 Å². The molecule has 1 saturated carbocycles. The van der Waals surface area contributed by atoms with Crippen LogP contribution >= 0.6 is 0 Å². The van der Waals surface area contributed by atoms with Gasteiger partial charge in [0.2, 0.25) is 0 Å². The molecule has 4 rings (SSSR count). The van der Waals surface area contributed by atoms with E-state index in [4.69, 9.17) is 9.47 Å². The van der Waals surface area contributed by atoms with Gasteiger partial charge < -0.3 is 9.47 Å². The zero-order valence-corrected chi connectivity index (χ0v) is 16.0. The molecule has 2 unspecified atom stereocenters. The van der Waals surface area contributed by atoms with Crippen molar-refractivity contribution in [2.45, 2.75) is 12.8 Å². The van der Waals surface area contributed by atoms with Crippen molar-refractivity contribution in [3.05, 3.63) is 72.8 Å². The second kappa shape index (κ2) is 8.39. The lowest BCUT2D eigenvalue weighted by molar-refractivity contribution is 0.0172. The van der Waals surface area contributed by atoms with Gasteiger partial charge in [-0.1, -0.05) is 48.6 Å². The van der Waals surface area contributed by atoms with Crippen LogP contribution in [0.5, 0.6) is 0 Å². The third-order valence-electron chi connectivity index (χ3n) is 5.65. The second-order valence-electron chi connectivity index (χ2n) is 7.69. The molecule has 2 bridgehead atoms. The molecular weight excluding hydrogens is 368 g/mol. The largest absolute Gasteiger partial charge is 0.449 e. The number of hydrogen-bond donors (Lipinski definition) is 2. The highest BCUT2D eigenvalue weighted by Gasteiger charge is 2.50. The summed E-state index contributed by atoms with van der Waals surface area (Å²) < 4.78 is 11.1. The minimum atomic E-state index is -0.504. The number of hydrogen-bond acceptors (Lipinski definition) is 4. The maximum atomic E-state index is 12.2. The summed E-state index contributed by atoms with van der Waals surface area (Å²) in [4.78, 5) is 24.5. The fourth-order valence-electron chi connectivity index (χ4n) is 4.20. The van der Waals surface area contributed by atoms with Crippen LogP contribution in [0.3, 0.4) is 0 Å². The number of ether oxygens (including phenoxy) is 2. The number of anilines is 2. The zero-order chi connectivity index (χ0) is 20.1. The van der Waals surface area contributed by atoms with E-state index in [-0.39, 0.29) is 24.5 Å². The lowest BCUT2D eigenvalue weighted by atomic mass is 9.77. The normalized spacial score (nSPS) is 20.8. The number of allylic oxidation sites excluding steroid dienone is 2. The van der Waals surface area contributed by atoms with Crippen LogP contribution in [0.15, 0.2) is 72.8 Å². The van der Waals surface area contributed by atoms with Crippen LogP contribution in [0.4, 0.5) is 21.0 Å². The van der Waals surface area contributed by atoms with Crippen molar-refractivity contribution < 1.29 is 19.1 Å². The number of amides is 2. The van der Waals surface area contributed by atoms with Crippen molar-refractivity contribution in [3.63, 3.8) is 0 Å². The van der Waals surface area contributed by atoms with E-state index in [0.717, 1.165) is 12.8 Å². The highest BCUT2D eigenvalue weighted by Crippen LogP contribution is 2.52. The Morgan fingerprint density at radius 3 is 1.76 bits per heavy atom. The predicted molar refractivity (Wildman–Crippen MR) is 111 cm³/mol. The standard InChI is InChI=1S/C23H24N2O4/c26-21(24-19-7-3-1-4-8-19)28-15-23(14-17-11-12-18(23)13-17)16-29-22(27)25-20-9-5-2-6-10-20/h1-12,17-18H,13-16H2,(H,24,26)(H,25,27). The van der Waals surface area contributed by atoms with Crippen molar-refractivity contribution in [1.29, 1.82) is 0 Å². The van der Waals surface area contributed by atoms with E-state index in [1.54, 1.807) is 24.3 Å². The maximum Gasteiger partial charge on any atom is 0.411 e. The summed E-state index contributed by atoms with van der Waals surface area (Å²) in [6.07, 6.45) is 5.20. The summed E-state index contributed by atoms with van der Waals surface area (Å²) >= 11 is 0. The highest BCUT2D eigenvalue weighted by molar-refractivity contribution is 5.85. The minimum absolute atomic E-state index is 0.204. The Kier molecular flexibility index (Phi) is 5.51. The zero-order valence-electron chi connectivity index (χ0n) is 16.0. The molecule has 150 valence electrons. The third-order valence-corrected chi connectivity index (χ3v) is 5.65. The minimum Gasteiger partial charge on any atom is -0.449 e. The lowest BCUT2D eigenvalue weighted by Gasteiger charge is -2.34. The summed E-state index contributed by atoms with van der Waals surface area (Å²) in [5.74, 6) is 0.683. The summed E-state index contributed by atoms with van der Waals surface area (Å²) in [5, 5.41) is 5.45. The fraction of sp³-hybridized carbons (Fsp3) is 0.304. The number of fused-ring (bicyclic) bond motifs is 2. The van der Waals surface area contributed by atoms with Crippen molar-refractivity contribution in [2.24, 2.45) is 17.3 Å². The van der Waals surface area contributed by atoms with E-state index < -0.39 is 12.2 Å².